The van der Waals surface area contributed by atoms with Gasteiger partial charge in [0.25, 0.3) is 0 Å². The maximum atomic E-state index is 12.3. The molecule has 1 unspecified atom stereocenters. The molecule has 1 aromatic heterocycles. The fourth-order valence-corrected chi connectivity index (χ4v) is 3.25. The van der Waals surface area contributed by atoms with Gasteiger partial charge in [-0.1, -0.05) is 63.2 Å². The number of alkyl halides is 3. The number of benzene rings is 2. The minimum absolute atomic E-state index is 0.0315. The summed E-state index contributed by atoms with van der Waals surface area (Å²) in [5.41, 5.74) is 3.38. The smallest absolute Gasteiger partial charge is 0.490 e. The van der Waals surface area contributed by atoms with E-state index >= 15 is 0 Å². The molecule has 9 heteroatoms. The van der Waals surface area contributed by atoms with Crippen LogP contribution in [-0.4, -0.2) is 33.2 Å². The maximum Gasteiger partial charge on any atom is 0.490 e. The number of fused-ring (bicyclic) bond motifs is 1. The Morgan fingerprint density at radius 1 is 1.03 bits per heavy atom. The monoisotopic (exact) mass is 476 g/mol. The molecule has 1 atom stereocenters. The number of carbonyl (C=O) groups excluding carboxylic acids is 1. The predicted molar refractivity (Wildman–Crippen MR) is 123 cm³/mol. The van der Waals surface area contributed by atoms with E-state index in [1.54, 1.807) is 6.20 Å². The van der Waals surface area contributed by atoms with E-state index in [0.29, 0.717) is 23.4 Å². The van der Waals surface area contributed by atoms with Crippen LogP contribution in [0.3, 0.4) is 0 Å². The highest BCUT2D eigenvalue weighted by molar-refractivity contribution is 5.86. The fraction of sp³-hybridized carbons (Fsp3) is 0.320. The van der Waals surface area contributed by atoms with Gasteiger partial charge in [-0.2, -0.15) is 13.2 Å². The summed E-state index contributed by atoms with van der Waals surface area (Å²) in [6.45, 7) is 6.27. The van der Waals surface area contributed by atoms with E-state index in [4.69, 9.17) is 9.90 Å². The zero-order valence-electron chi connectivity index (χ0n) is 19.1. The topological polar surface area (TPSA) is 99.5 Å². The van der Waals surface area contributed by atoms with Crippen LogP contribution in [-0.2, 0) is 9.59 Å². The number of aromatic nitrogens is 1. The lowest BCUT2D eigenvalue weighted by Gasteiger charge is -2.22. The van der Waals surface area contributed by atoms with Gasteiger partial charge in [0.15, 0.2) is 0 Å². The standard InChI is InChI=1S/C23H26N2O2.C2HF3O2/c1-4-6-20(26)25-21(18-10-8-16(9-11-18)15(2)3)19-13-12-17-7-5-14-24-22(17)23(19)27;3-2(4,5)1(6)7/h5,7-15,21,27H,4,6H2,1-3H3,(H,25,26);(H,6,7). The molecule has 0 bridgehead atoms. The second-order valence-electron chi connectivity index (χ2n) is 7.95. The number of carbonyl (C=O) groups is 2. The van der Waals surface area contributed by atoms with E-state index < -0.39 is 18.2 Å². The van der Waals surface area contributed by atoms with Gasteiger partial charge in [0.1, 0.15) is 11.3 Å². The molecule has 3 N–H and O–H groups in total. The number of rotatable bonds is 6. The van der Waals surface area contributed by atoms with Crippen molar-refractivity contribution < 1.29 is 33.0 Å². The van der Waals surface area contributed by atoms with E-state index in [0.717, 1.165) is 17.4 Å². The van der Waals surface area contributed by atoms with Gasteiger partial charge in [-0.25, -0.2) is 4.79 Å². The Kier molecular flexibility index (Phi) is 9.00. The number of aromatic hydroxyl groups is 1. The predicted octanol–water partition coefficient (Wildman–Crippen LogP) is 5.70. The summed E-state index contributed by atoms with van der Waals surface area (Å²) >= 11 is 0. The lowest BCUT2D eigenvalue weighted by Crippen LogP contribution is -2.29. The van der Waals surface area contributed by atoms with Gasteiger partial charge in [-0.3, -0.25) is 9.78 Å². The summed E-state index contributed by atoms with van der Waals surface area (Å²) in [6.07, 6.45) is -2.20. The number of nitrogens with one attached hydrogen (secondary N) is 1. The molecule has 1 amide bonds. The van der Waals surface area contributed by atoms with Crippen molar-refractivity contribution in [3.8, 4) is 5.75 Å². The zero-order chi connectivity index (χ0) is 25.5. The number of phenolic OH excluding ortho intramolecular Hbond substituents is 1. The number of phenols is 1. The van der Waals surface area contributed by atoms with Crippen LogP contribution in [0.15, 0.2) is 54.7 Å². The van der Waals surface area contributed by atoms with Gasteiger partial charge < -0.3 is 15.5 Å². The van der Waals surface area contributed by atoms with Crippen LogP contribution in [0.4, 0.5) is 13.2 Å². The molecule has 3 rings (SSSR count). The molecule has 0 radical (unpaired) electrons. The Morgan fingerprint density at radius 3 is 2.15 bits per heavy atom. The first-order valence-corrected chi connectivity index (χ1v) is 10.7. The van der Waals surface area contributed by atoms with Crippen LogP contribution in [0.1, 0.15) is 62.3 Å². The molecule has 182 valence electrons. The van der Waals surface area contributed by atoms with Crippen molar-refractivity contribution in [1.29, 1.82) is 0 Å². The van der Waals surface area contributed by atoms with E-state index in [2.05, 4.69) is 36.3 Å². The van der Waals surface area contributed by atoms with E-state index in [9.17, 15) is 23.1 Å². The lowest BCUT2D eigenvalue weighted by molar-refractivity contribution is -0.192. The molecule has 0 saturated carbocycles. The Bertz CT molecular complexity index is 1130. The van der Waals surface area contributed by atoms with Crippen molar-refractivity contribution in [2.24, 2.45) is 0 Å². The average Bonchev–Trinajstić information content (AvgIpc) is 2.78. The normalized spacial score (nSPS) is 12.1. The van der Waals surface area contributed by atoms with Crippen LogP contribution in [0, 0.1) is 0 Å². The molecule has 0 aliphatic heterocycles. The summed E-state index contributed by atoms with van der Waals surface area (Å²) in [6, 6.07) is 15.3. The number of amides is 1. The van der Waals surface area contributed by atoms with Gasteiger partial charge in [0.2, 0.25) is 5.91 Å². The SMILES string of the molecule is CCCC(=O)NC(c1ccc(C(C)C)cc1)c1ccc2cccnc2c1O.O=C(O)C(F)(F)F. The second-order valence-corrected chi connectivity index (χ2v) is 7.95. The van der Waals surface area contributed by atoms with Crippen molar-refractivity contribution in [3.05, 3.63) is 71.4 Å². The molecule has 3 aromatic rings. The number of carboxylic acid groups (broad SMARTS) is 1. The number of aliphatic carboxylic acids is 1. The highest BCUT2D eigenvalue weighted by Gasteiger charge is 2.38. The van der Waals surface area contributed by atoms with Crippen molar-refractivity contribution >= 4 is 22.8 Å². The van der Waals surface area contributed by atoms with Crippen LogP contribution in [0.2, 0.25) is 0 Å². The molecular weight excluding hydrogens is 449 g/mol. The fourth-order valence-electron chi connectivity index (χ4n) is 3.25. The van der Waals surface area contributed by atoms with Crippen LogP contribution < -0.4 is 5.32 Å². The van der Waals surface area contributed by atoms with Gasteiger partial charge in [-0.05, 0) is 29.5 Å². The Morgan fingerprint density at radius 2 is 1.62 bits per heavy atom. The minimum Gasteiger partial charge on any atom is -0.505 e. The highest BCUT2D eigenvalue weighted by Crippen LogP contribution is 2.35. The maximum absolute atomic E-state index is 12.3. The molecule has 6 nitrogen and oxygen atoms in total. The molecule has 2 aromatic carbocycles. The van der Waals surface area contributed by atoms with Crippen LogP contribution in [0.25, 0.3) is 10.9 Å². The van der Waals surface area contributed by atoms with E-state index in [-0.39, 0.29) is 11.7 Å². The highest BCUT2D eigenvalue weighted by atomic mass is 19.4. The summed E-state index contributed by atoms with van der Waals surface area (Å²) < 4.78 is 31.7. The third-order valence-electron chi connectivity index (χ3n) is 5.05. The molecule has 0 aliphatic carbocycles. The Balaban J connectivity index is 0.000000509. The number of carboxylic acids is 1. The number of pyridine rings is 1. The molecule has 0 spiro atoms. The van der Waals surface area contributed by atoms with E-state index in [1.165, 1.54) is 5.56 Å². The van der Waals surface area contributed by atoms with Gasteiger partial charge in [-0.15, -0.1) is 0 Å². The lowest BCUT2D eigenvalue weighted by atomic mass is 9.93. The summed E-state index contributed by atoms with van der Waals surface area (Å²) in [4.78, 5) is 25.5. The Labute approximate surface area is 195 Å². The summed E-state index contributed by atoms with van der Waals surface area (Å²) in [5, 5.41) is 21.9. The summed E-state index contributed by atoms with van der Waals surface area (Å²) in [7, 11) is 0. The third-order valence-corrected chi connectivity index (χ3v) is 5.05. The first kappa shape index (κ1) is 26.6. The largest absolute Gasteiger partial charge is 0.505 e. The third kappa shape index (κ3) is 6.94. The van der Waals surface area contributed by atoms with Crippen molar-refractivity contribution in [1.82, 2.24) is 10.3 Å². The number of nitrogens with zero attached hydrogens (tertiary/aromatic N) is 1. The Hall–Kier alpha value is -3.62. The van der Waals surface area contributed by atoms with Crippen molar-refractivity contribution in [2.45, 2.75) is 51.7 Å². The van der Waals surface area contributed by atoms with Crippen LogP contribution >= 0.6 is 0 Å². The molecule has 0 fully saturated rings. The van der Waals surface area contributed by atoms with Crippen LogP contribution in [0.5, 0.6) is 5.75 Å². The minimum atomic E-state index is -5.08. The number of hydrogen-bond acceptors (Lipinski definition) is 4. The van der Waals surface area contributed by atoms with Crippen molar-refractivity contribution in [3.63, 3.8) is 0 Å². The number of halogens is 3. The summed E-state index contributed by atoms with van der Waals surface area (Å²) in [5.74, 6) is -2.24. The number of hydrogen-bond donors (Lipinski definition) is 3. The second kappa shape index (κ2) is 11.5. The van der Waals surface area contributed by atoms with Gasteiger partial charge in [0, 0.05) is 23.6 Å². The molecule has 0 aliphatic rings. The molecule has 1 heterocycles. The quantitative estimate of drug-likeness (QED) is 0.424. The molecular formula is C25H27F3N2O4. The zero-order valence-corrected chi connectivity index (χ0v) is 19.1. The van der Waals surface area contributed by atoms with E-state index in [1.807, 2.05) is 43.3 Å². The molecule has 0 saturated heterocycles. The average molecular weight is 476 g/mol. The molecule has 34 heavy (non-hydrogen) atoms. The first-order chi connectivity index (χ1) is 16.0. The van der Waals surface area contributed by atoms with Gasteiger partial charge in [0.05, 0.1) is 6.04 Å². The first-order valence-electron chi connectivity index (χ1n) is 10.7. The van der Waals surface area contributed by atoms with Crippen molar-refractivity contribution in [2.75, 3.05) is 0 Å². The van der Waals surface area contributed by atoms with Gasteiger partial charge >= 0.3 is 12.1 Å².